The summed E-state index contributed by atoms with van der Waals surface area (Å²) in [5.74, 6) is 0. The summed E-state index contributed by atoms with van der Waals surface area (Å²) in [7, 11) is -4.61. The molecular weight excluding hydrogens is 219 g/mol. The van der Waals surface area contributed by atoms with Crippen molar-refractivity contribution in [2.75, 3.05) is 0 Å². The minimum atomic E-state index is -4.61. The third-order valence-electron chi connectivity index (χ3n) is 0. The fraction of sp³-hybridized carbons (Fsp3) is 0. The van der Waals surface area contributed by atoms with Gasteiger partial charge in [0.1, 0.15) is 0 Å². The van der Waals surface area contributed by atoms with Gasteiger partial charge in [0.15, 0.2) is 0 Å². The maximum absolute atomic E-state index is 7.33. The van der Waals surface area contributed by atoms with Gasteiger partial charge in [-0.05, 0) is 0 Å². The van der Waals surface area contributed by atoms with Crippen molar-refractivity contribution >= 4 is 38.6 Å². The molecule has 8 heteroatoms. The summed E-state index contributed by atoms with van der Waals surface area (Å²) in [6.07, 6.45) is 0. The quantitative estimate of drug-likeness (QED) is 0.325. The second kappa shape index (κ2) is 9.29. The van der Waals surface area contributed by atoms with Crippen LogP contribution >= 0.6 is 0 Å². The van der Waals surface area contributed by atoms with E-state index in [1.807, 2.05) is 0 Å². The monoisotopic (exact) mass is 224 g/mol. The Morgan fingerprint density at radius 2 is 0.875 bits per heavy atom. The fourth-order valence-electron chi connectivity index (χ4n) is 0. The zero-order valence-corrected chi connectivity index (χ0v) is 6.81. The minimum absolute atomic E-state index is 0. The van der Waals surface area contributed by atoms with Gasteiger partial charge in [-0.3, -0.25) is 0 Å². The predicted octanol–water partition coefficient (Wildman–Crippen LogP) is -3.26. The van der Waals surface area contributed by atoms with Gasteiger partial charge >= 0.3 is 38.6 Å². The zero-order chi connectivity index (χ0) is 4.50. The van der Waals surface area contributed by atoms with Crippen LogP contribution in [0, 0.1) is 0 Å². The van der Waals surface area contributed by atoms with E-state index in [0.29, 0.717) is 0 Å². The van der Waals surface area contributed by atoms with Crippen LogP contribution in [0.4, 0.5) is 0 Å². The Kier molecular flexibility index (Phi) is 26.1. The molecule has 0 amide bonds. The standard InChI is InChI=1S/Fe.Na.H4O4Si.Ti.H/c;;1-5(2,3)4;;/h;;1-4H;;. The van der Waals surface area contributed by atoms with Gasteiger partial charge in [-0.15, -0.1) is 0 Å². The van der Waals surface area contributed by atoms with Gasteiger partial charge in [0, 0.05) is 38.8 Å². The molecule has 0 spiro atoms. The van der Waals surface area contributed by atoms with Gasteiger partial charge in [0.25, 0.3) is 0 Å². The topological polar surface area (TPSA) is 80.9 Å². The normalized spacial score (nSPS) is 7.50. The van der Waals surface area contributed by atoms with Crippen LogP contribution in [0.1, 0.15) is 0 Å². The van der Waals surface area contributed by atoms with Gasteiger partial charge in [-0.25, -0.2) is 0 Å². The number of hydrogen-bond donors (Lipinski definition) is 4. The molecule has 0 rings (SSSR count). The van der Waals surface area contributed by atoms with E-state index in [9.17, 15) is 0 Å². The van der Waals surface area contributed by atoms with Gasteiger partial charge in [0.2, 0.25) is 0 Å². The third kappa shape index (κ3) is 84.0. The number of hydrogen-bond acceptors (Lipinski definition) is 4. The average Bonchev–Trinajstić information content (AvgIpc) is 0.722. The van der Waals surface area contributed by atoms with E-state index in [1.165, 1.54) is 0 Å². The second-order valence-corrected chi connectivity index (χ2v) is 1.80. The van der Waals surface area contributed by atoms with E-state index in [-0.39, 0.29) is 68.3 Å². The molecule has 46 valence electrons. The van der Waals surface area contributed by atoms with Crippen LogP contribution in [0.5, 0.6) is 0 Å². The molecule has 0 fully saturated rings. The maximum Gasteiger partial charge on any atom is 0 e. The van der Waals surface area contributed by atoms with Crippen LogP contribution in [0.3, 0.4) is 0 Å². The van der Waals surface area contributed by atoms with Crippen molar-refractivity contribution in [2.24, 2.45) is 0 Å². The van der Waals surface area contributed by atoms with Crippen LogP contribution < -0.4 is 0 Å². The third-order valence-corrected chi connectivity index (χ3v) is 0. The first-order chi connectivity index (χ1) is 2.00. The molecule has 0 saturated carbocycles. The molecule has 4 nitrogen and oxygen atoms in total. The Labute approximate surface area is 95.4 Å². The molecule has 0 bridgehead atoms. The molecule has 4 N–H and O–H groups in total. The molecule has 8 heavy (non-hydrogen) atoms. The van der Waals surface area contributed by atoms with Gasteiger partial charge in [-0.2, -0.15) is 0 Å². The predicted molar refractivity (Wildman–Crippen MR) is 21.8 cm³/mol. The van der Waals surface area contributed by atoms with Crippen molar-refractivity contribution < 1.29 is 58.0 Å². The van der Waals surface area contributed by atoms with Crippen molar-refractivity contribution in [2.45, 2.75) is 0 Å². The Morgan fingerprint density at radius 3 is 0.875 bits per heavy atom. The Morgan fingerprint density at radius 1 is 0.875 bits per heavy atom. The van der Waals surface area contributed by atoms with Crippen LogP contribution in [0.25, 0.3) is 0 Å². The SMILES string of the molecule is O[Si](O)(O)O.[Fe].[NaH].[Ti]. The molecule has 0 saturated heterocycles. The molecule has 0 aliphatic carbocycles. The average molecular weight is 224 g/mol. The molecule has 0 aliphatic rings. The zero-order valence-electron chi connectivity index (χ0n) is 3.14. The largest absolute Gasteiger partial charge is 0 e. The van der Waals surface area contributed by atoms with Crippen LogP contribution in [-0.2, 0) is 38.8 Å². The van der Waals surface area contributed by atoms with E-state index in [1.54, 1.807) is 0 Å². The molecule has 0 aromatic heterocycles. The summed E-state index contributed by atoms with van der Waals surface area (Å²) in [4.78, 5) is 29.3. The summed E-state index contributed by atoms with van der Waals surface area (Å²) in [6.45, 7) is 0. The van der Waals surface area contributed by atoms with Crippen molar-refractivity contribution in [3.05, 3.63) is 0 Å². The van der Waals surface area contributed by atoms with Crippen molar-refractivity contribution in [3.8, 4) is 0 Å². The van der Waals surface area contributed by atoms with Crippen molar-refractivity contribution in [1.82, 2.24) is 0 Å². The molecule has 0 radical (unpaired) electrons. The van der Waals surface area contributed by atoms with Crippen molar-refractivity contribution in [3.63, 3.8) is 0 Å². The Bertz CT molecular complexity index is 31.5. The first-order valence-electron chi connectivity index (χ1n) is 0.894. The minimum Gasteiger partial charge on any atom is 0 e. The van der Waals surface area contributed by atoms with E-state index in [0.717, 1.165) is 0 Å². The van der Waals surface area contributed by atoms with E-state index < -0.39 is 9.05 Å². The molecule has 0 aromatic carbocycles. The Balaban J connectivity index is -0.0000000267. The van der Waals surface area contributed by atoms with Gasteiger partial charge < -0.3 is 19.2 Å². The Hall–Kier alpha value is 2.29. The molecule has 0 unspecified atom stereocenters. The van der Waals surface area contributed by atoms with Crippen molar-refractivity contribution in [1.29, 1.82) is 0 Å². The fourth-order valence-corrected chi connectivity index (χ4v) is 0. The van der Waals surface area contributed by atoms with Gasteiger partial charge in [0.05, 0.1) is 0 Å². The molecule has 0 aliphatic heterocycles. The summed E-state index contributed by atoms with van der Waals surface area (Å²) in [5.41, 5.74) is 0. The number of rotatable bonds is 0. The summed E-state index contributed by atoms with van der Waals surface area (Å²) in [5, 5.41) is 0. The summed E-state index contributed by atoms with van der Waals surface area (Å²) in [6, 6.07) is 0. The summed E-state index contributed by atoms with van der Waals surface area (Å²) < 4.78 is 0. The molecular formula is H5FeNaO4SiTi. The van der Waals surface area contributed by atoms with E-state index in [2.05, 4.69) is 0 Å². The van der Waals surface area contributed by atoms with Crippen LogP contribution in [-0.4, -0.2) is 57.8 Å². The second-order valence-electron chi connectivity index (χ2n) is 0.600. The van der Waals surface area contributed by atoms with Gasteiger partial charge in [-0.1, -0.05) is 0 Å². The first kappa shape index (κ1) is 22.4. The smallest absolute Gasteiger partial charge is 0 e. The van der Waals surface area contributed by atoms with Crippen LogP contribution in [0.2, 0.25) is 0 Å². The first-order valence-corrected chi connectivity index (χ1v) is 2.68. The van der Waals surface area contributed by atoms with E-state index >= 15 is 0 Å². The maximum atomic E-state index is 7.33. The van der Waals surface area contributed by atoms with E-state index in [4.69, 9.17) is 19.2 Å². The summed E-state index contributed by atoms with van der Waals surface area (Å²) >= 11 is 0. The van der Waals surface area contributed by atoms with Crippen LogP contribution in [0.15, 0.2) is 0 Å². The molecule has 0 aromatic rings. The molecule has 0 atom stereocenters. The molecule has 0 heterocycles.